The first-order chi connectivity index (χ1) is 17.8. The topological polar surface area (TPSA) is 128 Å². The fourth-order valence-corrected chi connectivity index (χ4v) is 4.48. The number of nitrogens with zero attached hydrogens (tertiary/aromatic N) is 7. The molecule has 4 aromatic rings. The SMILES string of the molecule is Cn1cc(-c2c[nH]c(/C(=N\C=N)N3CCN(c4ncc([C@@](C)(N)c5ccc(F)cc5)cn4)CC3)c2)cn1. The number of H-pyrrole nitrogens is 1. The van der Waals surface area contributed by atoms with Crippen molar-refractivity contribution in [3.8, 4) is 11.1 Å². The lowest BCUT2D eigenvalue weighted by atomic mass is 9.87. The minimum Gasteiger partial charge on any atom is -0.358 e. The Labute approximate surface area is 214 Å². The molecule has 0 aliphatic carbocycles. The smallest absolute Gasteiger partial charge is 0.225 e. The number of aryl methyl sites for hydroxylation is 1. The molecule has 37 heavy (non-hydrogen) atoms. The van der Waals surface area contributed by atoms with Crippen LogP contribution in [-0.2, 0) is 12.6 Å². The monoisotopic (exact) mass is 500 g/mol. The third-order valence-corrected chi connectivity index (χ3v) is 6.69. The Morgan fingerprint density at radius 1 is 1.08 bits per heavy atom. The average Bonchev–Trinajstić information content (AvgIpc) is 3.57. The normalized spacial score (nSPS) is 16.1. The Morgan fingerprint density at radius 3 is 2.41 bits per heavy atom. The highest BCUT2D eigenvalue weighted by Crippen LogP contribution is 2.27. The first-order valence-corrected chi connectivity index (χ1v) is 12.0. The van der Waals surface area contributed by atoms with E-state index in [1.807, 2.05) is 38.6 Å². The van der Waals surface area contributed by atoms with Crippen LogP contribution in [0, 0.1) is 11.2 Å². The van der Waals surface area contributed by atoms with Crippen molar-refractivity contribution in [1.82, 2.24) is 29.6 Å². The number of halogens is 1. The second-order valence-corrected chi connectivity index (χ2v) is 9.24. The predicted octanol–water partition coefficient (Wildman–Crippen LogP) is 2.74. The minimum atomic E-state index is -0.840. The molecule has 1 saturated heterocycles. The first kappa shape index (κ1) is 24.3. The summed E-state index contributed by atoms with van der Waals surface area (Å²) in [6, 6.07) is 8.19. The highest BCUT2D eigenvalue weighted by atomic mass is 19.1. The van der Waals surface area contributed by atoms with Gasteiger partial charge in [0.15, 0.2) is 5.84 Å². The molecule has 1 fully saturated rings. The highest BCUT2D eigenvalue weighted by molar-refractivity contribution is 6.01. The van der Waals surface area contributed by atoms with Gasteiger partial charge in [0.25, 0.3) is 0 Å². The van der Waals surface area contributed by atoms with Crippen molar-refractivity contribution in [2.45, 2.75) is 12.5 Å². The lowest BCUT2D eigenvalue weighted by Crippen LogP contribution is -2.49. The Balaban J connectivity index is 1.26. The van der Waals surface area contributed by atoms with Gasteiger partial charge in [0.2, 0.25) is 5.95 Å². The third kappa shape index (κ3) is 4.98. The summed E-state index contributed by atoms with van der Waals surface area (Å²) in [6.45, 7) is 4.66. The van der Waals surface area contributed by atoms with Crippen molar-refractivity contribution >= 4 is 18.1 Å². The van der Waals surface area contributed by atoms with Gasteiger partial charge >= 0.3 is 0 Å². The van der Waals surface area contributed by atoms with Crippen LogP contribution >= 0.6 is 0 Å². The molecule has 1 atom stereocenters. The summed E-state index contributed by atoms with van der Waals surface area (Å²) in [5.41, 5.74) is 10.1. The van der Waals surface area contributed by atoms with Crippen LogP contribution in [0.3, 0.4) is 0 Å². The largest absolute Gasteiger partial charge is 0.358 e. The molecule has 1 aliphatic rings. The molecule has 0 unspecified atom stereocenters. The van der Waals surface area contributed by atoms with Crippen molar-refractivity contribution in [2.24, 2.45) is 17.8 Å². The van der Waals surface area contributed by atoms with Gasteiger partial charge in [0.05, 0.1) is 17.4 Å². The van der Waals surface area contributed by atoms with E-state index in [1.54, 1.807) is 29.2 Å². The van der Waals surface area contributed by atoms with E-state index >= 15 is 0 Å². The minimum absolute atomic E-state index is 0.302. The lowest BCUT2D eigenvalue weighted by molar-refractivity contribution is 0.383. The fourth-order valence-electron chi connectivity index (χ4n) is 4.48. The molecule has 0 radical (unpaired) electrons. The van der Waals surface area contributed by atoms with Crippen LogP contribution in [0.25, 0.3) is 11.1 Å². The van der Waals surface area contributed by atoms with Gasteiger partial charge in [-0.1, -0.05) is 12.1 Å². The number of aromatic nitrogens is 5. The third-order valence-electron chi connectivity index (χ3n) is 6.69. The Morgan fingerprint density at radius 2 is 1.78 bits per heavy atom. The molecule has 1 aliphatic heterocycles. The van der Waals surface area contributed by atoms with E-state index in [4.69, 9.17) is 11.1 Å². The molecule has 10 nitrogen and oxygen atoms in total. The summed E-state index contributed by atoms with van der Waals surface area (Å²) >= 11 is 0. The van der Waals surface area contributed by atoms with Crippen LogP contribution in [0.5, 0.6) is 0 Å². The molecule has 190 valence electrons. The van der Waals surface area contributed by atoms with Crippen molar-refractivity contribution < 1.29 is 4.39 Å². The van der Waals surface area contributed by atoms with Gasteiger partial charge < -0.3 is 20.5 Å². The predicted molar refractivity (Wildman–Crippen MR) is 141 cm³/mol. The number of piperazine rings is 1. The summed E-state index contributed by atoms with van der Waals surface area (Å²) < 4.78 is 15.1. The highest BCUT2D eigenvalue weighted by Gasteiger charge is 2.27. The summed E-state index contributed by atoms with van der Waals surface area (Å²) in [5, 5.41) is 11.8. The number of aromatic amines is 1. The summed E-state index contributed by atoms with van der Waals surface area (Å²) in [4.78, 5) is 21.1. The van der Waals surface area contributed by atoms with Gasteiger partial charge in [-0.05, 0) is 30.7 Å². The molecule has 5 rings (SSSR count). The van der Waals surface area contributed by atoms with E-state index < -0.39 is 5.54 Å². The lowest BCUT2D eigenvalue weighted by Gasteiger charge is -2.36. The summed E-state index contributed by atoms with van der Waals surface area (Å²) in [7, 11) is 1.88. The van der Waals surface area contributed by atoms with Gasteiger partial charge in [-0.25, -0.2) is 19.4 Å². The number of nitrogens with two attached hydrogens (primary N) is 1. The molecule has 0 spiro atoms. The molecule has 4 heterocycles. The van der Waals surface area contributed by atoms with Gasteiger partial charge in [0, 0.05) is 74.7 Å². The maximum atomic E-state index is 13.3. The number of aliphatic imine (C=N–C) groups is 1. The van der Waals surface area contributed by atoms with E-state index in [1.165, 1.54) is 12.1 Å². The van der Waals surface area contributed by atoms with Crippen molar-refractivity contribution in [3.05, 3.63) is 84.0 Å². The van der Waals surface area contributed by atoms with Crippen molar-refractivity contribution in [3.63, 3.8) is 0 Å². The zero-order valence-electron chi connectivity index (χ0n) is 20.8. The molecule has 11 heteroatoms. The maximum absolute atomic E-state index is 13.3. The van der Waals surface area contributed by atoms with Crippen LogP contribution in [0.15, 0.2) is 66.3 Å². The molecule has 4 N–H and O–H groups in total. The molecular formula is C26H29FN10. The van der Waals surface area contributed by atoms with E-state index in [-0.39, 0.29) is 5.82 Å². The van der Waals surface area contributed by atoms with Gasteiger partial charge in [-0.15, -0.1) is 0 Å². The Hall–Kier alpha value is -4.38. The first-order valence-electron chi connectivity index (χ1n) is 12.0. The van der Waals surface area contributed by atoms with Gasteiger partial charge in [0.1, 0.15) is 12.2 Å². The number of anilines is 1. The average molecular weight is 501 g/mol. The van der Waals surface area contributed by atoms with E-state index in [9.17, 15) is 4.39 Å². The zero-order chi connectivity index (χ0) is 26.0. The molecule has 1 aromatic carbocycles. The maximum Gasteiger partial charge on any atom is 0.225 e. The molecule has 3 aromatic heterocycles. The van der Waals surface area contributed by atoms with Crippen LogP contribution < -0.4 is 10.6 Å². The summed E-state index contributed by atoms with van der Waals surface area (Å²) in [6.07, 6.45) is 10.2. The second-order valence-electron chi connectivity index (χ2n) is 9.24. The number of nitrogens with one attached hydrogen (secondary N) is 2. The second kappa shape index (κ2) is 9.94. The van der Waals surface area contributed by atoms with Crippen LogP contribution in [0.1, 0.15) is 23.7 Å². The van der Waals surface area contributed by atoms with Crippen LogP contribution in [0.2, 0.25) is 0 Å². The van der Waals surface area contributed by atoms with Crippen LogP contribution in [0.4, 0.5) is 10.3 Å². The van der Waals surface area contributed by atoms with E-state index in [2.05, 4.69) is 34.8 Å². The molecule has 0 bridgehead atoms. The standard InChI is InChI=1S/C26H29FN10/c1-26(29,20-3-5-22(27)6-4-20)21-14-31-25(32-15-21)37-9-7-36(8-10-37)24(33-17-28)23-11-18(12-30-23)19-13-34-35(2)16-19/h3-6,11-17,28,30H,7-10,29H2,1-2H3/b28-17?,33-24+/t26-/m0/s1. The number of benzene rings is 1. The fraction of sp³-hybridized carbons (Fsp3) is 0.269. The zero-order valence-corrected chi connectivity index (χ0v) is 20.8. The number of hydrogen-bond acceptors (Lipinski definition) is 6. The Bertz CT molecular complexity index is 1390. The van der Waals surface area contributed by atoms with Crippen molar-refractivity contribution in [1.29, 1.82) is 5.41 Å². The molecule has 0 saturated carbocycles. The quantitative estimate of drug-likeness (QED) is 0.276. The van der Waals surface area contributed by atoms with Gasteiger partial charge in [-0.3, -0.25) is 10.1 Å². The van der Waals surface area contributed by atoms with E-state index in [0.29, 0.717) is 32.1 Å². The number of amidine groups is 1. The Kier molecular flexibility index (Phi) is 6.53. The van der Waals surface area contributed by atoms with Crippen LogP contribution in [-0.4, -0.2) is 68.0 Å². The van der Waals surface area contributed by atoms with E-state index in [0.717, 1.165) is 40.1 Å². The molecular weight excluding hydrogens is 471 g/mol. The van der Waals surface area contributed by atoms with Crippen molar-refractivity contribution in [2.75, 3.05) is 31.1 Å². The van der Waals surface area contributed by atoms with Gasteiger partial charge in [-0.2, -0.15) is 5.10 Å². The summed E-state index contributed by atoms with van der Waals surface area (Å²) in [5.74, 6) is 1.05. The number of rotatable bonds is 6. The number of hydrogen-bond donors (Lipinski definition) is 3. The molecule has 0 amide bonds.